The predicted molar refractivity (Wildman–Crippen MR) is 111 cm³/mol. The van der Waals surface area contributed by atoms with Gasteiger partial charge in [-0.05, 0) is 37.6 Å². The van der Waals surface area contributed by atoms with Crippen molar-refractivity contribution in [2.24, 2.45) is 11.3 Å². The van der Waals surface area contributed by atoms with Gasteiger partial charge < -0.3 is 15.5 Å². The van der Waals surface area contributed by atoms with E-state index in [4.69, 9.17) is 0 Å². The van der Waals surface area contributed by atoms with Gasteiger partial charge in [-0.1, -0.05) is 20.8 Å². The van der Waals surface area contributed by atoms with Gasteiger partial charge in [0.05, 0.1) is 5.69 Å². The number of fused-ring (bicyclic) bond motifs is 1. The smallest absolute Gasteiger partial charge is 0.323 e. The Labute approximate surface area is 175 Å². The van der Waals surface area contributed by atoms with Crippen LogP contribution in [-0.4, -0.2) is 58.3 Å². The molecule has 1 aromatic rings. The number of hydrogen-bond donors (Lipinski definition) is 2. The fourth-order valence-corrected chi connectivity index (χ4v) is 6.43. The zero-order valence-corrected chi connectivity index (χ0v) is 18.3. The molecule has 3 aliphatic rings. The van der Waals surface area contributed by atoms with Gasteiger partial charge in [0.25, 0.3) is 5.91 Å². The fraction of sp³-hybridized carbons (Fsp3) is 0.700. The first-order valence-electron chi connectivity index (χ1n) is 10.2. The number of hydrogen-bond acceptors (Lipinski definition) is 6. The molecule has 2 aliphatic heterocycles. The van der Waals surface area contributed by atoms with Crippen molar-refractivity contribution in [1.82, 2.24) is 20.1 Å². The van der Waals surface area contributed by atoms with E-state index in [0.717, 1.165) is 41.4 Å². The lowest BCUT2D eigenvalue weighted by Crippen LogP contribution is -2.54. The summed E-state index contributed by atoms with van der Waals surface area (Å²) in [5.74, 6) is -0.345. The fourth-order valence-electron chi connectivity index (χ4n) is 5.33. The molecule has 1 saturated carbocycles. The SMILES string of the molecule is CC1CC(C)(C)CC2(C1)NC(=O)N(CC(=O)Nc1nc3c(s1)CN(C)CC3)C2=O. The highest BCUT2D eigenvalue weighted by Gasteiger charge is 2.56. The van der Waals surface area contributed by atoms with Gasteiger partial charge in [0.15, 0.2) is 5.13 Å². The zero-order chi connectivity index (χ0) is 21.0. The van der Waals surface area contributed by atoms with Crippen LogP contribution < -0.4 is 10.6 Å². The Kier molecular flexibility index (Phi) is 4.93. The Bertz CT molecular complexity index is 866. The Hall–Kier alpha value is -2.00. The summed E-state index contributed by atoms with van der Waals surface area (Å²) in [5, 5.41) is 6.21. The molecule has 2 unspecified atom stereocenters. The molecule has 1 aromatic heterocycles. The minimum atomic E-state index is -0.886. The van der Waals surface area contributed by atoms with Crippen LogP contribution in [0.1, 0.15) is 50.6 Å². The summed E-state index contributed by atoms with van der Waals surface area (Å²) in [4.78, 5) is 47.2. The number of likely N-dealkylation sites (N-methyl/N-ethyl adjacent to an activating group) is 1. The minimum Gasteiger partial charge on any atom is -0.323 e. The summed E-state index contributed by atoms with van der Waals surface area (Å²) in [6.45, 7) is 7.85. The summed E-state index contributed by atoms with van der Waals surface area (Å²) < 4.78 is 0. The molecule has 4 amide bonds. The highest BCUT2D eigenvalue weighted by Crippen LogP contribution is 2.46. The monoisotopic (exact) mass is 419 g/mol. The molecule has 0 radical (unpaired) electrons. The molecule has 2 atom stereocenters. The van der Waals surface area contributed by atoms with E-state index in [-0.39, 0.29) is 17.9 Å². The van der Waals surface area contributed by atoms with Crippen molar-refractivity contribution in [3.05, 3.63) is 10.6 Å². The molecular formula is C20H29N5O3S. The van der Waals surface area contributed by atoms with Crippen molar-refractivity contribution in [1.29, 1.82) is 0 Å². The molecule has 3 heterocycles. The van der Waals surface area contributed by atoms with Crippen molar-refractivity contribution in [2.45, 2.75) is 58.5 Å². The maximum atomic E-state index is 13.2. The molecule has 0 aromatic carbocycles. The van der Waals surface area contributed by atoms with Crippen molar-refractivity contribution in [3.8, 4) is 0 Å². The van der Waals surface area contributed by atoms with Gasteiger partial charge in [-0.2, -0.15) is 0 Å². The van der Waals surface area contributed by atoms with E-state index in [0.29, 0.717) is 23.9 Å². The third kappa shape index (κ3) is 3.90. The summed E-state index contributed by atoms with van der Waals surface area (Å²) in [5.41, 5.74) is 0.103. The number of thiazole rings is 1. The van der Waals surface area contributed by atoms with Crippen LogP contribution in [0, 0.1) is 11.3 Å². The van der Waals surface area contributed by atoms with E-state index >= 15 is 0 Å². The number of nitrogens with zero attached hydrogens (tertiary/aromatic N) is 3. The molecule has 158 valence electrons. The van der Waals surface area contributed by atoms with Crippen LogP contribution in [0.25, 0.3) is 0 Å². The van der Waals surface area contributed by atoms with Gasteiger partial charge in [-0.25, -0.2) is 9.78 Å². The first kappa shape index (κ1) is 20.3. The van der Waals surface area contributed by atoms with E-state index in [9.17, 15) is 14.4 Å². The van der Waals surface area contributed by atoms with Crippen molar-refractivity contribution in [2.75, 3.05) is 25.5 Å². The van der Waals surface area contributed by atoms with Crippen LogP contribution in [0.4, 0.5) is 9.93 Å². The first-order chi connectivity index (χ1) is 13.6. The van der Waals surface area contributed by atoms with Crippen LogP contribution in [0.5, 0.6) is 0 Å². The second-order valence-electron chi connectivity index (χ2n) is 9.68. The number of amides is 4. The molecule has 29 heavy (non-hydrogen) atoms. The van der Waals surface area contributed by atoms with Crippen LogP contribution in [0.15, 0.2) is 0 Å². The molecule has 9 heteroatoms. The van der Waals surface area contributed by atoms with Crippen molar-refractivity contribution in [3.63, 3.8) is 0 Å². The van der Waals surface area contributed by atoms with Crippen LogP contribution in [0.3, 0.4) is 0 Å². The lowest BCUT2D eigenvalue weighted by molar-refractivity contribution is -0.136. The lowest BCUT2D eigenvalue weighted by atomic mass is 9.64. The topological polar surface area (TPSA) is 94.6 Å². The number of carbonyl (C=O) groups is 3. The molecule has 2 fully saturated rings. The molecule has 2 N–H and O–H groups in total. The summed E-state index contributed by atoms with van der Waals surface area (Å²) in [6.07, 6.45) is 3.09. The van der Waals surface area contributed by atoms with Crippen molar-refractivity contribution >= 4 is 34.3 Å². The number of rotatable bonds is 3. The molecule has 1 saturated heterocycles. The van der Waals surface area contributed by atoms with E-state index in [1.54, 1.807) is 0 Å². The second kappa shape index (κ2) is 7.05. The van der Waals surface area contributed by atoms with Crippen LogP contribution in [0.2, 0.25) is 0 Å². The molecule has 0 bridgehead atoms. The van der Waals surface area contributed by atoms with Crippen LogP contribution in [-0.2, 0) is 22.6 Å². The quantitative estimate of drug-likeness (QED) is 0.733. The van der Waals surface area contributed by atoms with Gasteiger partial charge >= 0.3 is 6.03 Å². The lowest BCUT2D eigenvalue weighted by Gasteiger charge is -2.43. The van der Waals surface area contributed by atoms with E-state index in [2.05, 4.69) is 48.3 Å². The maximum absolute atomic E-state index is 13.2. The van der Waals surface area contributed by atoms with Crippen LogP contribution >= 0.6 is 11.3 Å². The number of imide groups is 1. The zero-order valence-electron chi connectivity index (χ0n) is 17.5. The van der Waals surface area contributed by atoms with Gasteiger partial charge in [0.2, 0.25) is 5.91 Å². The average molecular weight is 420 g/mol. The largest absolute Gasteiger partial charge is 0.325 e. The van der Waals surface area contributed by atoms with Gasteiger partial charge in [-0.3, -0.25) is 14.5 Å². The Morgan fingerprint density at radius 3 is 2.83 bits per heavy atom. The number of urea groups is 1. The molecule has 1 aliphatic carbocycles. The van der Waals surface area contributed by atoms with Gasteiger partial charge in [0, 0.05) is 24.4 Å². The average Bonchev–Trinajstić information content (AvgIpc) is 3.06. The maximum Gasteiger partial charge on any atom is 0.325 e. The summed E-state index contributed by atoms with van der Waals surface area (Å²) in [7, 11) is 2.06. The third-order valence-electron chi connectivity index (χ3n) is 6.09. The Morgan fingerprint density at radius 2 is 2.10 bits per heavy atom. The Morgan fingerprint density at radius 1 is 1.34 bits per heavy atom. The van der Waals surface area contributed by atoms with E-state index < -0.39 is 17.5 Å². The minimum absolute atomic E-state index is 0.0357. The second-order valence-corrected chi connectivity index (χ2v) is 10.8. The van der Waals surface area contributed by atoms with E-state index in [1.165, 1.54) is 11.3 Å². The number of carbonyl (C=O) groups excluding carboxylic acids is 3. The highest BCUT2D eigenvalue weighted by molar-refractivity contribution is 7.15. The Balaban J connectivity index is 1.44. The highest BCUT2D eigenvalue weighted by atomic mass is 32.1. The first-order valence-corrected chi connectivity index (χ1v) is 11.0. The van der Waals surface area contributed by atoms with Gasteiger partial charge in [0.1, 0.15) is 12.1 Å². The molecule has 8 nitrogen and oxygen atoms in total. The van der Waals surface area contributed by atoms with Gasteiger partial charge in [-0.15, -0.1) is 11.3 Å². The van der Waals surface area contributed by atoms with E-state index in [1.807, 2.05) is 0 Å². The third-order valence-corrected chi connectivity index (χ3v) is 7.09. The normalized spacial score (nSPS) is 29.1. The standard InChI is InChI=1S/C20H29N5O3S/c1-12-7-19(2,3)11-20(8-12)16(27)25(18(28)23-20)10-15(26)22-17-21-13-5-6-24(4)9-14(13)29-17/h12H,5-11H2,1-4H3,(H,23,28)(H,21,22,26). The number of nitrogens with one attached hydrogen (secondary N) is 2. The molecular weight excluding hydrogens is 390 g/mol. The predicted octanol–water partition coefficient (Wildman–Crippen LogP) is 2.21. The van der Waals surface area contributed by atoms with Crippen molar-refractivity contribution < 1.29 is 14.4 Å². The summed E-state index contributed by atoms with van der Waals surface area (Å²) >= 11 is 1.46. The number of aromatic nitrogens is 1. The number of anilines is 1. The molecule has 4 rings (SSSR count). The summed E-state index contributed by atoms with van der Waals surface area (Å²) in [6, 6.07) is -0.477. The molecule has 1 spiro atoms.